The van der Waals surface area contributed by atoms with Crippen LogP contribution in [0.5, 0.6) is 5.88 Å². The van der Waals surface area contributed by atoms with Gasteiger partial charge in [0.15, 0.2) is 0 Å². The molecule has 86 valence electrons. The molecule has 1 saturated heterocycles. The Morgan fingerprint density at radius 2 is 2.38 bits per heavy atom. The van der Waals surface area contributed by atoms with Gasteiger partial charge in [0.2, 0.25) is 5.88 Å². The summed E-state index contributed by atoms with van der Waals surface area (Å²) in [7, 11) is 1.29. The fraction of sp³-hybridized carbons (Fsp3) is 0.400. The molecule has 0 aliphatic carbocycles. The predicted molar refractivity (Wildman–Crippen MR) is 55.2 cm³/mol. The lowest BCUT2D eigenvalue weighted by molar-refractivity contribution is -0.0810. The lowest BCUT2D eigenvalue weighted by Crippen LogP contribution is -2.39. The molecule has 0 radical (unpaired) electrons. The molecule has 0 unspecified atom stereocenters. The molecule has 6 nitrogen and oxygen atoms in total. The van der Waals surface area contributed by atoms with Gasteiger partial charge in [-0.25, -0.2) is 9.78 Å². The molecule has 0 spiro atoms. The molecule has 6 heteroatoms. The Hall–Kier alpha value is -1.82. The van der Waals surface area contributed by atoms with E-state index >= 15 is 0 Å². The zero-order valence-electron chi connectivity index (χ0n) is 8.80. The second kappa shape index (κ2) is 4.36. The second-order valence-corrected chi connectivity index (χ2v) is 3.35. The Kier molecular flexibility index (Phi) is 2.91. The van der Waals surface area contributed by atoms with Gasteiger partial charge < -0.3 is 19.9 Å². The van der Waals surface area contributed by atoms with Gasteiger partial charge in [-0.2, -0.15) is 0 Å². The number of anilines is 1. The molecule has 16 heavy (non-hydrogen) atoms. The Morgan fingerprint density at radius 1 is 1.62 bits per heavy atom. The molecule has 0 atom stereocenters. The topological polar surface area (TPSA) is 83.7 Å². The Bertz CT molecular complexity index is 404. The standard InChI is InChI=1S/C10H12N2O4/c1-14-10(13)7-2-3-12-9(8(7)11)16-6-4-15-5-6/h2-3,6H,4-5,11H2,1H3. The molecule has 1 aromatic heterocycles. The third kappa shape index (κ3) is 1.92. The lowest BCUT2D eigenvalue weighted by atomic mass is 10.2. The molecule has 2 heterocycles. The van der Waals surface area contributed by atoms with Crippen molar-refractivity contribution in [3.05, 3.63) is 17.8 Å². The summed E-state index contributed by atoms with van der Waals surface area (Å²) >= 11 is 0. The van der Waals surface area contributed by atoms with Crippen molar-refractivity contribution in [3.8, 4) is 5.88 Å². The normalized spacial score (nSPS) is 15.3. The van der Waals surface area contributed by atoms with Crippen molar-refractivity contribution in [2.45, 2.75) is 6.10 Å². The van der Waals surface area contributed by atoms with Crippen molar-refractivity contribution >= 4 is 11.7 Å². The van der Waals surface area contributed by atoms with Crippen LogP contribution >= 0.6 is 0 Å². The van der Waals surface area contributed by atoms with E-state index in [2.05, 4.69) is 9.72 Å². The summed E-state index contributed by atoms with van der Waals surface area (Å²) in [5, 5.41) is 0. The van der Waals surface area contributed by atoms with Crippen molar-refractivity contribution in [1.29, 1.82) is 0 Å². The molecule has 0 amide bonds. The minimum Gasteiger partial charge on any atom is -0.468 e. The highest BCUT2D eigenvalue weighted by molar-refractivity contribution is 5.95. The molecule has 2 N–H and O–H groups in total. The number of methoxy groups -OCH3 is 1. The number of hydrogen-bond acceptors (Lipinski definition) is 6. The van der Waals surface area contributed by atoms with Crippen LogP contribution in [-0.4, -0.2) is 37.4 Å². The third-order valence-electron chi connectivity index (χ3n) is 2.24. The van der Waals surface area contributed by atoms with E-state index in [9.17, 15) is 4.79 Å². The largest absolute Gasteiger partial charge is 0.468 e. The van der Waals surface area contributed by atoms with Gasteiger partial charge in [0.1, 0.15) is 11.8 Å². The zero-order valence-corrected chi connectivity index (χ0v) is 8.80. The van der Waals surface area contributed by atoms with Gasteiger partial charge in [-0.15, -0.1) is 0 Å². The number of nitrogens with two attached hydrogens (primary N) is 1. The summed E-state index contributed by atoms with van der Waals surface area (Å²) in [5.74, 6) is -0.259. The summed E-state index contributed by atoms with van der Waals surface area (Å²) in [6, 6.07) is 1.49. The summed E-state index contributed by atoms with van der Waals surface area (Å²) < 4.78 is 15.0. The van der Waals surface area contributed by atoms with E-state index in [1.165, 1.54) is 19.4 Å². The third-order valence-corrected chi connectivity index (χ3v) is 2.24. The summed E-state index contributed by atoms with van der Waals surface area (Å²) in [6.45, 7) is 1.03. The van der Waals surface area contributed by atoms with Crippen LogP contribution in [-0.2, 0) is 9.47 Å². The van der Waals surface area contributed by atoms with Crippen LogP contribution in [0.15, 0.2) is 12.3 Å². The van der Waals surface area contributed by atoms with Gasteiger partial charge in [-0.1, -0.05) is 0 Å². The molecule has 2 rings (SSSR count). The average molecular weight is 224 g/mol. The smallest absolute Gasteiger partial charge is 0.340 e. The van der Waals surface area contributed by atoms with Crippen molar-refractivity contribution in [3.63, 3.8) is 0 Å². The number of nitrogen functional groups attached to an aromatic ring is 1. The Balaban J connectivity index is 2.21. The maximum atomic E-state index is 11.3. The van der Waals surface area contributed by atoms with Crippen LogP contribution in [0.3, 0.4) is 0 Å². The highest BCUT2D eigenvalue weighted by Crippen LogP contribution is 2.25. The van der Waals surface area contributed by atoms with E-state index in [-0.39, 0.29) is 23.2 Å². The maximum absolute atomic E-state index is 11.3. The number of pyridine rings is 1. The first-order valence-corrected chi connectivity index (χ1v) is 4.79. The lowest BCUT2D eigenvalue weighted by Gasteiger charge is -2.26. The molecule has 1 aliphatic heterocycles. The van der Waals surface area contributed by atoms with Gasteiger partial charge >= 0.3 is 5.97 Å². The average Bonchev–Trinajstić information content (AvgIpc) is 2.24. The van der Waals surface area contributed by atoms with Crippen LogP contribution in [0.25, 0.3) is 0 Å². The van der Waals surface area contributed by atoms with Gasteiger partial charge in [0, 0.05) is 6.20 Å². The van der Waals surface area contributed by atoms with Crippen molar-refractivity contribution in [2.75, 3.05) is 26.1 Å². The molecule has 0 saturated carbocycles. The van der Waals surface area contributed by atoms with Crippen LogP contribution in [0.1, 0.15) is 10.4 Å². The predicted octanol–water partition coefficient (Wildman–Crippen LogP) is 0.228. The van der Waals surface area contributed by atoms with E-state index in [1.807, 2.05) is 0 Å². The van der Waals surface area contributed by atoms with Gasteiger partial charge in [-0.05, 0) is 6.07 Å². The van der Waals surface area contributed by atoms with Gasteiger partial charge in [0.05, 0.1) is 25.9 Å². The Labute approximate surface area is 92.3 Å². The van der Waals surface area contributed by atoms with E-state index in [0.717, 1.165) is 0 Å². The molecule has 0 aromatic carbocycles. The van der Waals surface area contributed by atoms with E-state index in [1.54, 1.807) is 0 Å². The minimum absolute atomic E-state index is 0.0392. The van der Waals surface area contributed by atoms with E-state index in [4.69, 9.17) is 15.2 Å². The highest BCUT2D eigenvalue weighted by Gasteiger charge is 2.23. The zero-order chi connectivity index (χ0) is 11.5. The number of ether oxygens (including phenoxy) is 3. The summed E-state index contributed by atoms with van der Waals surface area (Å²) in [6.07, 6.45) is 1.42. The Morgan fingerprint density at radius 3 is 2.94 bits per heavy atom. The van der Waals surface area contributed by atoms with Crippen LogP contribution in [0.2, 0.25) is 0 Å². The summed E-state index contributed by atoms with van der Waals surface area (Å²) in [5.41, 5.74) is 6.21. The van der Waals surface area contributed by atoms with Crippen molar-refractivity contribution in [2.24, 2.45) is 0 Å². The quantitative estimate of drug-likeness (QED) is 0.740. The molecule has 1 aliphatic rings. The summed E-state index contributed by atoms with van der Waals surface area (Å²) in [4.78, 5) is 15.3. The maximum Gasteiger partial charge on any atom is 0.340 e. The van der Waals surface area contributed by atoms with Crippen LogP contribution in [0.4, 0.5) is 5.69 Å². The minimum atomic E-state index is -0.505. The SMILES string of the molecule is COC(=O)c1ccnc(OC2COC2)c1N. The molecular weight excluding hydrogens is 212 g/mol. The van der Waals surface area contributed by atoms with E-state index in [0.29, 0.717) is 13.2 Å². The van der Waals surface area contributed by atoms with Crippen LogP contribution < -0.4 is 10.5 Å². The van der Waals surface area contributed by atoms with Gasteiger partial charge in [0.25, 0.3) is 0 Å². The number of hydrogen-bond donors (Lipinski definition) is 1. The number of nitrogens with zero attached hydrogens (tertiary/aromatic N) is 1. The second-order valence-electron chi connectivity index (χ2n) is 3.35. The first-order chi connectivity index (χ1) is 7.72. The number of carbonyl (C=O) groups is 1. The van der Waals surface area contributed by atoms with Crippen molar-refractivity contribution in [1.82, 2.24) is 4.98 Å². The van der Waals surface area contributed by atoms with Crippen molar-refractivity contribution < 1.29 is 19.0 Å². The monoisotopic (exact) mass is 224 g/mol. The highest BCUT2D eigenvalue weighted by atomic mass is 16.6. The van der Waals surface area contributed by atoms with Gasteiger partial charge in [-0.3, -0.25) is 0 Å². The molecule has 0 bridgehead atoms. The fourth-order valence-electron chi connectivity index (χ4n) is 1.28. The molecule has 1 fully saturated rings. The molecular formula is C10H12N2O4. The fourth-order valence-corrected chi connectivity index (χ4v) is 1.28. The number of esters is 1. The number of carbonyl (C=O) groups excluding carboxylic acids is 1. The number of rotatable bonds is 3. The number of aromatic nitrogens is 1. The van der Waals surface area contributed by atoms with Crippen LogP contribution in [0, 0.1) is 0 Å². The molecule has 1 aromatic rings. The first kappa shape index (κ1) is 10.7. The first-order valence-electron chi connectivity index (χ1n) is 4.79. The van der Waals surface area contributed by atoms with E-state index < -0.39 is 5.97 Å².